The Labute approximate surface area is 103 Å². The van der Waals surface area contributed by atoms with Gasteiger partial charge in [0.2, 0.25) is 0 Å². The lowest BCUT2D eigenvalue weighted by Crippen LogP contribution is -2.26. The van der Waals surface area contributed by atoms with Gasteiger partial charge in [-0.3, -0.25) is 0 Å². The molecule has 0 unspecified atom stereocenters. The summed E-state index contributed by atoms with van der Waals surface area (Å²) in [5.41, 5.74) is 6.66. The van der Waals surface area contributed by atoms with Crippen LogP contribution in [0.1, 0.15) is 5.56 Å². The number of nitrogens with zero attached hydrogens (tertiary/aromatic N) is 1. The van der Waals surface area contributed by atoms with Gasteiger partial charge in [-0.25, -0.2) is 4.99 Å². The molecule has 0 amide bonds. The third-order valence-electron chi connectivity index (χ3n) is 2.33. The fourth-order valence-corrected chi connectivity index (χ4v) is 2.02. The molecule has 0 bridgehead atoms. The molecule has 3 N–H and O–H groups in total. The van der Waals surface area contributed by atoms with Gasteiger partial charge in [0.15, 0.2) is 0 Å². The number of aliphatic imine (C=N–C) groups is 1. The van der Waals surface area contributed by atoms with E-state index in [9.17, 15) is 0 Å². The lowest BCUT2D eigenvalue weighted by atomic mass is 10.2. The predicted octanol–water partition coefficient (Wildman–Crippen LogP) is 1.25. The molecule has 4 nitrogen and oxygen atoms in total. The quantitative estimate of drug-likeness (QED) is 0.875. The van der Waals surface area contributed by atoms with Crippen molar-refractivity contribution in [3.8, 4) is 0 Å². The van der Waals surface area contributed by atoms with E-state index in [1.54, 1.807) is 0 Å². The van der Waals surface area contributed by atoms with Crippen LogP contribution < -0.4 is 11.1 Å². The van der Waals surface area contributed by atoms with Crippen LogP contribution in [0.3, 0.4) is 0 Å². The number of hydrogen-bond acceptors (Lipinski definition) is 4. The fraction of sp³-hybridized carbons (Fsp3) is 0.364. The molecule has 0 aliphatic carbocycles. The van der Waals surface area contributed by atoms with Gasteiger partial charge < -0.3 is 15.8 Å². The number of nitrogens with two attached hydrogens (primary N) is 1. The van der Waals surface area contributed by atoms with Gasteiger partial charge in [0.1, 0.15) is 12.6 Å². The molecule has 0 fully saturated rings. The Morgan fingerprint density at radius 2 is 2.44 bits per heavy atom. The maximum absolute atomic E-state index is 5.42. The van der Waals surface area contributed by atoms with Gasteiger partial charge in [-0.15, -0.1) is 0 Å². The molecule has 0 aromatic heterocycles. The second-order valence-corrected chi connectivity index (χ2v) is 4.61. The summed E-state index contributed by atoms with van der Waals surface area (Å²) in [7, 11) is 0. The van der Waals surface area contributed by atoms with E-state index in [1.165, 1.54) is 5.56 Å². The monoisotopic (exact) mass is 283 g/mol. The minimum Gasteiger partial charge on any atom is -0.463 e. The van der Waals surface area contributed by atoms with Gasteiger partial charge in [0.25, 0.3) is 6.02 Å². The third-order valence-corrected chi connectivity index (χ3v) is 2.82. The molecule has 1 aromatic carbocycles. The van der Waals surface area contributed by atoms with Crippen LogP contribution in [-0.4, -0.2) is 25.2 Å². The van der Waals surface area contributed by atoms with Crippen molar-refractivity contribution >= 4 is 22.0 Å². The Bertz CT molecular complexity index is 395. The van der Waals surface area contributed by atoms with E-state index in [2.05, 4.69) is 38.4 Å². The Morgan fingerprint density at radius 1 is 1.56 bits per heavy atom. The number of ether oxygens (including phenoxy) is 1. The summed E-state index contributed by atoms with van der Waals surface area (Å²) >= 11 is 3.44. The third kappa shape index (κ3) is 3.21. The van der Waals surface area contributed by atoms with Crippen LogP contribution in [0.5, 0.6) is 0 Å². The number of benzene rings is 1. The number of rotatable bonds is 4. The zero-order valence-electron chi connectivity index (χ0n) is 8.82. The Hall–Kier alpha value is -1.07. The van der Waals surface area contributed by atoms with E-state index in [0.717, 1.165) is 17.6 Å². The van der Waals surface area contributed by atoms with E-state index in [1.807, 2.05) is 12.1 Å². The first-order valence-corrected chi connectivity index (χ1v) is 5.94. The zero-order valence-corrected chi connectivity index (χ0v) is 10.4. The van der Waals surface area contributed by atoms with Crippen molar-refractivity contribution in [2.75, 3.05) is 13.2 Å². The highest BCUT2D eigenvalue weighted by Gasteiger charge is 2.15. The summed E-state index contributed by atoms with van der Waals surface area (Å²) in [5.74, 6) is 0. The van der Waals surface area contributed by atoms with E-state index in [0.29, 0.717) is 12.6 Å². The van der Waals surface area contributed by atoms with Gasteiger partial charge in [-0.2, -0.15) is 0 Å². The molecule has 0 radical (unpaired) electrons. The molecular weight excluding hydrogens is 270 g/mol. The molecule has 2 rings (SSSR count). The summed E-state index contributed by atoms with van der Waals surface area (Å²) < 4.78 is 6.16. The average molecular weight is 284 g/mol. The highest BCUT2D eigenvalue weighted by Crippen LogP contribution is 2.11. The first-order chi connectivity index (χ1) is 7.74. The van der Waals surface area contributed by atoms with Gasteiger partial charge >= 0.3 is 0 Å². The maximum Gasteiger partial charge on any atom is 0.282 e. The number of amidine groups is 1. The largest absolute Gasteiger partial charge is 0.463 e. The second kappa shape index (κ2) is 5.32. The van der Waals surface area contributed by atoms with E-state index in [-0.39, 0.29) is 6.04 Å². The van der Waals surface area contributed by atoms with Crippen LogP contribution in [-0.2, 0) is 11.3 Å². The van der Waals surface area contributed by atoms with Crippen LogP contribution in [0.15, 0.2) is 33.7 Å². The van der Waals surface area contributed by atoms with Crippen LogP contribution >= 0.6 is 15.9 Å². The molecule has 0 saturated heterocycles. The molecule has 0 saturated carbocycles. The Balaban J connectivity index is 1.76. The predicted molar refractivity (Wildman–Crippen MR) is 67.2 cm³/mol. The van der Waals surface area contributed by atoms with Crippen LogP contribution in [0.2, 0.25) is 0 Å². The highest BCUT2D eigenvalue weighted by molar-refractivity contribution is 9.10. The van der Waals surface area contributed by atoms with Crippen molar-refractivity contribution in [2.45, 2.75) is 12.6 Å². The van der Waals surface area contributed by atoms with Crippen molar-refractivity contribution in [2.24, 2.45) is 10.7 Å². The molecule has 16 heavy (non-hydrogen) atoms. The molecule has 1 heterocycles. The first-order valence-electron chi connectivity index (χ1n) is 5.15. The first kappa shape index (κ1) is 11.4. The summed E-state index contributed by atoms with van der Waals surface area (Å²) in [6.45, 7) is 2.19. The average Bonchev–Trinajstić information content (AvgIpc) is 2.64. The minimum absolute atomic E-state index is 0.146. The molecule has 1 aliphatic rings. The zero-order chi connectivity index (χ0) is 11.4. The summed E-state index contributed by atoms with van der Waals surface area (Å²) in [5, 5.41) is 3.33. The molecule has 1 aliphatic heterocycles. The van der Waals surface area contributed by atoms with Crippen molar-refractivity contribution in [3.63, 3.8) is 0 Å². The SMILES string of the molecule is NC1=N[C@@H](CNCc2cccc(Br)c2)CO1. The molecule has 0 spiro atoms. The lowest BCUT2D eigenvalue weighted by Gasteiger charge is -2.07. The van der Waals surface area contributed by atoms with Crippen molar-refractivity contribution in [3.05, 3.63) is 34.3 Å². The summed E-state index contributed by atoms with van der Waals surface area (Å²) in [6.07, 6.45) is 0. The second-order valence-electron chi connectivity index (χ2n) is 3.69. The smallest absolute Gasteiger partial charge is 0.282 e. The van der Waals surface area contributed by atoms with Crippen LogP contribution in [0.25, 0.3) is 0 Å². The van der Waals surface area contributed by atoms with Crippen molar-refractivity contribution in [1.82, 2.24) is 5.32 Å². The number of hydrogen-bond donors (Lipinski definition) is 2. The van der Waals surface area contributed by atoms with Gasteiger partial charge in [0.05, 0.1) is 0 Å². The molecule has 1 aromatic rings. The van der Waals surface area contributed by atoms with Gasteiger partial charge in [0, 0.05) is 17.6 Å². The van der Waals surface area contributed by atoms with Gasteiger partial charge in [-0.1, -0.05) is 28.1 Å². The Morgan fingerprint density at radius 3 is 3.12 bits per heavy atom. The fourth-order valence-electron chi connectivity index (χ4n) is 1.57. The van der Waals surface area contributed by atoms with Crippen LogP contribution in [0, 0.1) is 0 Å². The molecule has 86 valence electrons. The molecule has 1 atom stereocenters. The number of halogens is 1. The van der Waals surface area contributed by atoms with Crippen molar-refractivity contribution < 1.29 is 4.74 Å². The van der Waals surface area contributed by atoms with E-state index in [4.69, 9.17) is 10.5 Å². The molecular formula is C11H14BrN3O. The minimum atomic E-state index is 0.146. The van der Waals surface area contributed by atoms with Gasteiger partial charge in [-0.05, 0) is 17.7 Å². The highest BCUT2D eigenvalue weighted by atomic mass is 79.9. The lowest BCUT2D eigenvalue weighted by molar-refractivity contribution is 0.309. The Kier molecular flexibility index (Phi) is 3.79. The molecule has 5 heteroatoms. The van der Waals surface area contributed by atoms with Crippen molar-refractivity contribution in [1.29, 1.82) is 0 Å². The summed E-state index contributed by atoms with van der Waals surface area (Å²) in [4.78, 5) is 4.14. The standard InChI is InChI=1S/C11H14BrN3O/c12-9-3-1-2-8(4-9)5-14-6-10-7-16-11(13)15-10/h1-4,10,14H,5-7H2,(H2,13,15)/t10-/m0/s1. The summed E-state index contributed by atoms with van der Waals surface area (Å²) in [6, 6.07) is 8.66. The van der Waals surface area contributed by atoms with E-state index < -0.39 is 0 Å². The maximum atomic E-state index is 5.42. The number of nitrogens with one attached hydrogen (secondary N) is 1. The van der Waals surface area contributed by atoms with E-state index >= 15 is 0 Å². The normalized spacial score (nSPS) is 19.3. The van der Waals surface area contributed by atoms with Crippen LogP contribution in [0.4, 0.5) is 0 Å². The topological polar surface area (TPSA) is 59.6 Å².